The smallest absolute Gasteiger partial charge is 0.790 e. The Morgan fingerprint density at radius 1 is 0.911 bits per heavy atom. The molecule has 0 unspecified atom stereocenters. The van der Waals surface area contributed by atoms with E-state index in [0.29, 0.717) is 30.7 Å². The van der Waals surface area contributed by atoms with Crippen LogP contribution in [0.2, 0.25) is 5.02 Å². The van der Waals surface area contributed by atoms with E-state index in [1.54, 1.807) is 13.2 Å². The first-order valence-electron chi connectivity index (χ1n) is 12.0. The summed E-state index contributed by atoms with van der Waals surface area (Å²) in [5.74, 6) is -4.21. The second kappa shape index (κ2) is 14.6. The van der Waals surface area contributed by atoms with Gasteiger partial charge in [-0.2, -0.15) is 10.2 Å². The predicted molar refractivity (Wildman–Crippen MR) is 138 cm³/mol. The van der Waals surface area contributed by atoms with Gasteiger partial charge in [-0.1, -0.05) is 11.6 Å². The third kappa shape index (κ3) is 8.33. The van der Waals surface area contributed by atoms with Crippen molar-refractivity contribution in [3.8, 4) is 0 Å². The van der Waals surface area contributed by atoms with Crippen LogP contribution in [-0.4, -0.2) is 38.2 Å². The van der Waals surface area contributed by atoms with Gasteiger partial charge in [-0.15, -0.1) is 0 Å². The topological polar surface area (TPSA) is 182 Å². The molecule has 45 heavy (non-hydrogen) atoms. The molecule has 5 rings (SSSR count). The number of phosphoric ester groups is 1. The van der Waals surface area contributed by atoms with E-state index in [-0.39, 0.29) is 81.7 Å². The quantitative estimate of drug-likeness (QED) is 0.0873. The third-order valence-corrected chi connectivity index (χ3v) is 6.76. The van der Waals surface area contributed by atoms with Gasteiger partial charge in [0.1, 0.15) is 18.9 Å². The number of aryl methyl sites for hydroxylation is 2. The van der Waals surface area contributed by atoms with Crippen LogP contribution in [0.25, 0.3) is 10.9 Å². The normalized spacial score (nSPS) is 12.0. The van der Waals surface area contributed by atoms with Gasteiger partial charge >= 0.3 is 70.5 Å². The number of fused-ring (bicyclic) bond motifs is 1. The fourth-order valence-electron chi connectivity index (χ4n) is 4.13. The number of benzene rings is 2. The molecule has 0 aliphatic rings. The summed E-state index contributed by atoms with van der Waals surface area (Å²) in [6, 6.07) is 3.61. The second-order valence-corrected chi connectivity index (χ2v) is 10.7. The van der Waals surface area contributed by atoms with Crippen LogP contribution in [0.1, 0.15) is 11.4 Å². The van der Waals surface area contributed by atoms with E-state index in [0.717, 1.165) is 0 Å². The fraction of sp³-hybridized carbons (Fsp3) is 0.217. The van der Waals surface area contributed by atoms with Crippen molar-refractivity contribution in [2.24, 2.45) is 19.1 Å². The van der Waals surface area contributed by atoms with Gasteiger partial charge in [0, 0.05) is 37.3 Å². The Balaban J connectivity index is 0.00000276. The van der Waals surface area contributed by atoms with Crippen molar-refractivity contribution < 1.29 is 91.2 Å². The van der Waals surface area contributed by atoms with Gasteiger partial charge in [-0.3, -0.25) is 13.9 Å². The van der Waals surface area contributed by atoms with E-state index in [1.807, 2.05) is 0 Å². The molecule has 0 N–H and O–H groups in total. The Bertz CT molecular complexity index is 2140. The molecule has 3 aromatic heterocycles. The molecule has 5 aromatic rings. The van der Waals surface area contributed by atoms with Gasteiger partial charge in [0.05, 0.1) is 37.1 Å². The van der Waals surface area contributed by atoms with E-state index in [2.05, 4.69) is 24.7 Å². The third-order valence-electron chi connectivity index (χ3n) is 6.02. The van der Waals surface area contributed by atoms with Gasteiger partial charge in [0.25, 0.3) is 0 Å². The van der Waals surface area contributed by atoms with E-state index in [9.17, 15) is 37.1 Å². The summed E-state index contributed by atoms with van der Waals surface area (Å²) in [5.41, 5.74) is -3.22. The van der Waals surface area contributed by atoms with Crippen molar-refractivity contribution >= 4 is 36.0 Å². The van der Waals surface area contributed by atoms with Crippen LogP contribution < -0.4 is 85.9 Å². The molecule has 0 aliphatic carbocycles. The maximum atomic E-state index is 14.8. The number of aromatic nitrogens is 8. The Hall–Kier alpha value is -2.35. The number of phosphoric acid groups is 1. The standard InChI is InChI=1S/C23H20ClF3N9O6P.2Na/c1-32-7-13-4-19(14(24)5-18(13)30-32)29-21-34(8-12-3-16(26)17(27)6-15(12)25)22(37)35(9-20-28-10-33(2)31-20)23(38)36(21)11-42-43(39,40)41;;/h3-7,10H,8-9,11H2,1-2H3,(H2,39,40,41);;/q;2*+1/p-2. The van der Waals surface area contributed by atoms with Crippen molar-refractivity contribution in [2.45, 2.75) is 19.8 Å². The SMILES string of the molecule is Cn1cnc(Cn2c(=O)n(COP(=O)([O-])[O-])c(=Nc3cc4cn(C)nc4cc3Cl)n(Cc3cc(F)c(F)cc3F)c2=O)n1.[Na+].[Na+]. The van der Waals surface area contributed by atoms with Crippen LogP contribution in [0, 0.1) is 17.5 Å². The van der Waals surface area contributed by atoms with Crippen molar-refractivity contribution in [2.75, 3.05) is 0 Å². The van der Waals surface area contributed by atoms with Gasteiger partial charge in [0.15, 0.2) is 17.5 Å². The molecule has 0 amide bonds. The number of hydrogen-bond acceptors (Lipinski definition) is 10. The molecule has 0 atom stereocenters. The number of nitrogens with zero attached hydrogens (tertiary/aromatic N) is 9. The molecular weight excluding hydrogens is 668 g/mol. The minimum absolute atomic E-state index is 0. The predicted octanol–water partition coefficient (Wildman–Crippen LogP) is -5.96. The average Bonchev–Trinajstić information content (AvgIpc) is 3.49. The van der Waals surface area contributed by atoms with Gasteiger partial charge in [0.2, 0.25) is 5.62 Å². The summed E-state index contributed by atoms with van der Waals surface area (Å²) < 4.78 is 62.7. The van der Waals surface area contributed by atoms with Crippen molar-refractivity contribution in [1.29, 1.82) is 0 Å². The van der Waals surface area contributed by atoms with Crippen molar-refractivity contribution in [1.82, 2.24) is 38.2 Å². The molecule has 0 bridgehead atoms. The average molecular weight is 686 g/mol. The minimum atomic E-state index is -5.70. The molecule has 0 saturated heterocycles. The van der Waals surface area contributed by atoms with E-state index in [1.165, 1.54) is 34.9 Å². The monoisotopic (exact) mass is 685 g/mol. The summed E-state index contributed by atoms with van der Waals surface area (Å²) in [5, 5.41) is 8.70. The largest absolute Gasteiger partial charge is 1.00 e. The Kier molecular flexibility index (Phi) is 12.0. The van der Waals surface area contributed by atoms with Crippen LogP contribution in [0.3, 0.4) is 0 Å². The molecule has 0 fully saturated rings. The first-order chi connectivity index (χ1) is 20.2. The first-order valence-corrected chi connectivity index (χ1v) is 13.8. The van der Waals surface area contributed by atoms with Gasteiger partial charge < -0.3 is 18.9 Å². The zero-order chi connectivity index (χ0) is 31.2. The molecule has 3 heterocycles. The summed E-state index contributed by atoms with van der Waals surface area (Å²) >= 11 is 6.39. The fourth-order valence-corrected chi connectivity index (χ4v) is 4.59. The van der Waals surface area contributed by atoms with E-state index < -0.39 is 67.7 Å². The Labute approximate surface area is 299 Å². The van der Waals surface area contributed by atoms with Gasteiger partial charge in [-0.25, -0.2) is 41.9 Å². The molecular formula is C23H18ClF3N9Na2O6P. The summed E-state index contributed by atoms with van der Waals surface area (Å²) in [7, 11) is -2.54. The molecule has 22 heteroatoms. The second-order valence-electron chi connectivity index (χ2n) is 9.14. The molecule has 0 aliphatic heterocycles. The molecule has 0 spiro atoms. The maximum absolute atomic E-state index is 14.8. The van der Waals surface area contributed by atoms with Crippen LogP contribution in [-0.2, 0) is 43.0 Å². The number of rotatable bonds is 8. The van der Waals surface area contributed by atoms with Crippen LogP contribution in [0.5, 0.6) is 0 Å². The van der Waals surface area contributed by atoms with E-state index in [4.69, 9.17) is 11.6 Å². The minimum Gasteiger partial charge on any atom is -0.790 e. The van der Waals surface area contributed by atoms with E-state index >= 15 is 0 Å². The van der Waals surface area contributed by atoms with Crippen molar-refractivity contribution in [3.63, 3.8) is 0 Å². The molecule has 0 radical (unpaired) electrons. The van der Waals surface area contributed by atoms with Crippen LogP contribution in [0.4, 0.5) is 18.9 Å². The van der Waals surface area contributed by atoms with Crippen molar-refractivity contribution in [3.05, 3.63) is 97.2 Å². The molecule has 226 valence electrons. The Morgan fingerprint density at radius 3 is 2.22 bits per heavy atom. The number of hydrogen-bond donors (Lipinski definition) is 0. The summed E-state index contributed by atoms with van der Waals surface area (Å²) in [6.45, 7) is -2.70. The number of halogens is 4. The Morgan fingerprint density at radius 2 is 1.58 bits per heavy atom. The zero-order valence-electron chi connectivity index (χ0n) is 24.0. The zero-order valence-corrected chi connectivity index (χ0v) is 29.7. The summed E-state index contributed by atoms with van der Waals surface area (Å²) in [6.07, 6.45) is 2.88. The molecule has 0 saturated carbocycles. The van der Waals surface area contributed by atoms with Crippen LogP contribution >= 0.6 is 19.4 Å². The molecule has 15 nitrogen and oxygen atoms in total. The first kappa shape index (κ1) is 37.1. The maximum Gasteiger partial charge on any atom is 1.00 e. The summed E-state index contributed by atoms with van der Waals surface area (Å²) in [4.78, 5) is 58.3. The van der Waals surface area contributed by atoms with Gasteiger partial charge in [-0.05, 0) is 18.2 Å². The van der Waals surface area contributed by atoms with Crippen LogP contribution in [0.15, 0.2) is 51.4 Å². The molecule has 2 aromatic carbocycles.